The topological polar surface area (TPSA) is 38.8 Å². The summed E-state index contributed by atoms with van der Waals surface area (Å²) in [5, 5.41) is 0. The molecule has 1 aromatic rings. The second kappa shape index (κ2) is 4.61. The molecule has 1 amide bonds. The SMILES string of the molecule is CC(C)(C)OC(=O)N1CCC2(Cc3ccc(F)cc3O2)C1. The van der Waals surface area contributed by atoms with Crippen LogP contribution >= 0.6 is 0 Å². The van der Waals surface area contributed by atoms with Crippen LogP contribution in [0.5, 0.6) is 5.75 Å². The Bertz CT molecular complexity index is 581. The highest BCUT2D eigenvalue weighted by molar-refractivity contribution is 5.69. The van der Waals surface area contributed by atoms with Crippen molar-refractivity contribution in [2.45, 2.75) is 44.8 Å². The molecule has 2 aliphatic heterocycles. The van der Waals surface area contributed by atoms with Crippen molar-refractivity contribution < 1.29 is 18.7 Å². The molecule has 21 heavy (non-hydrogen) atoms. The van der Waals surface area contributed by atoms with E-state index in [9.17, 15) is 9.18 Å². The molecule has 0 bridgehead atoms. The highest BCUT2D eigenvalue weighted by Crippen LogP contribution is 2.40. The van der Waals surface area contributed by atoms with E-state index in [-0.39, 0.29) is 11.9 Å². The summed E-state index contributed by atoms with van der Waals surface area (Å²) < 4.78 is 24.6. The lowest BCUT2D eigenvalue weighted by Crippen LogP contribution is -2.41. The minimum Gasteiger partial charge on any atom is -0.485 e. The summed E-state index contributed by atoms with van der Waals surface area (Å²) in [5.41, 5.74) is 0.0742. The Morgan fingerprint density at radius 1 is 1.43 bits per heavy atom. The third-order valence-corrected chi connectivity index (χ3v) is 3.84. The van der Waals surface area contributed by atoms with E-state index < -0.39 is 11.2 Å². The van der Waals surface area contributed by atoms with Crippen molar-refractivity contribution in [3.8, 4) is 5.75 Å². The van der Waals surface area contributed by atoms with Crippen molar-refractivity contribution in [3.05, 3.63) is 29.6 Å². The average molecular weight is 293 g/mol. The van der Waals surface area contributed by atoms with E-state index in [0.29, 0.717) is 25.3 Å². The van der Waals surface area contributed by atoms with Crippen molar-refractivity contribution in [3.63, 3.8) is 0 Å². The number of nitrogens with zero attached hydrogens (tertiary/aromatic N) is 1. The minimum absolute atomic E-state index is 0.298. The van der Waals surface area contributed by atoms with Gasteiger partial charge in [0, 0.05) is 25.5 Å². The fraction of sp³-hybridized carbons (Fsp3) is 0.562. The molecule has 2 aliphatic rings. The number of rotatable bonds is 0. The first-order chi connectivity index (χ1) is 9.76. The van der Waals surface area contributed by atoms with E-state index in [4.69, 9.17) is 9.47 Å². The number of benzene rings is 1. The molecule has 1 spiro atoms. The van der Waals surface area contributed by atoms with Gasteiger partial charge in [-0.15, -0.1) is 0 Å². The maximum absolute atomic E-state index is 13.3. The molecular formula is C16H20FNO3. The van der Waals surface area contributed by atoms with Gasteiger partial charge in [0.1, 0.15) is 22.8 Å². The molecule has 1 unspecified atom stereocenters. The molecular weight excluding hydrogens is 273 g/mol. The number of likely N-dealkylation sites (tertiary alicyclic amines) is 1. The van der Waals surface area contributed by atoms with E-state index in [1.807, 2.05) is 20.8 Å². The highest BCUT2D eigenvalue weighted by Gasteiger charge is 2.47. The molecule has 0 aromatic heterocycles. The van der Waals surface area contributed by atoms with Crippen molar-refractivity contribution in [1.82, 2.24) is 4.90 Å². The van der Waals surface area contributed by atoms with Crippen LogP contribution in [0.25, 0.3) is 0 Å². The maximum Gasteiger partial charge on any atom is 0.410 e. The molecule has 0 radical (unpaired) electrons. The summed E-state index contributed by atoms with van der Waals surface area (Å²) >= 11 is 0. The van der Waals surface area contributed by atoms with Crippen molar-refractivity contribution in [2.24, 2.45) is 0 Å². The first-order valence-corrected chi connectivity index (χ1v) is 7.22. The van der Waals surface area contributed by atoms with Crippen LogP contribution in [0.2, 0.25) is 0 Å². The maximum atomic E-state index is 13.3. The molecule has 114 valence electrons. The Kier molecular flexibility index (Phi) is 3.11. The van der Waals surface area contributed by atoms with Gasteiger partial charge in [0.2, 0.25) is 0 Å². The number of halogens is 1. The second-order valence-corrected chi connectivity index (χ2v) is 6.87. The summed E-state index contributed by atoms with van der Waals surface area (Å²) in [6, 6.07) is 4.62. The molecule has 4 nitrogen and oxygen atoms in total. The van der Waals surface area contributed by atoms with Gasteiger partial charge in [-0.25, -0.2) is 9.18 Å². The molecule has 1 saturated heterocycles. The molecule has 5 heteroatoms. The molecule has 0 aliphatic carbocycles. The number of carbonyl (C=O) groups excluding carboxylic acids is 1. The van der Waals surface area contributed by atoms with E-state index in [1.165, 1.54) is 12.1 Å². The molecule has 1 atom stereocenters. The van der Waals surface area contributed by atoms with Gasteiger partial charge in [-0.05, 0) is 32.4 Å². The quantitative estimate of drug-likeness (QED) is 0.737. The number of amides is 1. The predicted molar refractivity (Wildman–Crippen MR) is 75.9 cm³/mol. The molecule has 2 heterocycles. The Balaban J connectivity index is 1.70. The summed E-state index contributed by atoms with van der Waals surface area (Å²) in [7, 11) is 0. The van der Waals surface area contributed by atoms with Crippen molar-refractivity contribution in [1.29, 1.82) is 0 Å². The van der Waals surface area contributed by atoms with Crippen LogP contribution in [-0.4, -0.2) is 35.3 Å². The summed E-state index contributed by atoms with van der Waals surface area (Å²) in [5.74, 6) is 0.300. The molecule has 3 rings (SSSR count). The van der Waals surface area contributed by atoms with E-state index >= 15 is 0 Å². The molecule has 1 aromatic carbocycles. The van der Waals surface area contributed by atoms with E-state index in [0.717, 1.165) is 12.0 Å². The zero-order chi connectivity index (χ0) is 15.3. The Hall–Kier alpha value is -1.78. The van der Waals surface area contributed by atoms with Gasteiger partial charge in [0.15, 0.2) is 0 Å². The number of hydrogen-bond donors (Lipinski definition) is 0. The van der Waals surface area contributed by atoms with Crippen LogP contribution in [0.15, 0.2) is 18.2 Å². The van der Waals surface area contributed by atoms with Crippen molar-refractivity contribution in [2.75, 3.05) is 13.1 Å². The third-order valence-electron chi connectivity index (χ3n) is 3.84. The van der Waals surface area contributed by atoms with Crippen LogP contribution < -0.4 is 4.74 Å². The lowest BCUT2D eigenvalue weighted by Gasteiger charge is -2.26. The van der Waals surface area contributed by atoms with Gasteiger partial charge in [-0.3, -0.25) is 0 Å². The van der Waals surface area contributed by atoms with Gasteiger partial charge >= 0.3 is 6.09 Å². The fourth-order valence-corrected chi connectivity index (χ4v) is 2.94. The number of ether oxygens (including phenoxy) is 2. The predicted octanol–water partition coefficient (Wildman–Crippen LogP) is 3.14. The Morgan fingerprint density at radius 3 is 2.90 bits per heavy atom. The van der Waals surface area contributed by atoms with E-state index in [1.54, 1.807) is 11.0 Å². The van der Waals surface area contributed by atoms with Gasteiger partial charge in [-0.2, -0.15) is 0 Å². The highest BCUT2D eigenvalue weighted by atomic mass is 19.1. The van der Waals surface area contributed by atoms with Crippen LogP contribution in [0.4, 0.5) is 9.18 Å². The van der Waals surface area contributed by atoms with Crippen LogP contribution in [0.1, 0.15) is 32.8 Å². The normalized spacial score (nSPS) is 24.1. The van der Waals surface area contributed by atoms with Gasteiger partial charge in [0.25, 0.3) is 0 Å². The molecule has 0 N–H and O–H groups in total. The Labute approximate surface area is 123 Å². The average Bonchev–Trinajstić information content (AvgIpc) is 2.90. The lowest BCUT2D eigenvalue weighted by molar-refractivity contribution is 0.0232. The minimum atomic E-state index is -0.505. The zero-order valence-electron chi connectivity index (χ0n) is 12.6. The van der Waals surface area contributed by atoms with Crippen LogP contribution in [-0.2, 0) is 11.2 Å². The van der Waals surface area contributed by atoms with Gasteiger partial charge in [0.05, 0.1) is 6.54 Å². The molecule has 0 saturated carbocycles. The third kappa shape index (κ3) is 2.82. The smallest absolute Gasteiger partial charge is 0.410 e. The van der Waals surface area contributed by atoms with Gasteiger partial charge < -0.3 is 14.4 Å². The monoisotopic (exact) mass is 293 g/mol. The van der Waals surface area contributed by atoms with Crippen LogP contribution in [0.3, 0.4) is 0 Å². The first kappa shape index (κ1) is 14.2. The number of carbonyl (C=O) groups is 1. The summed E-state index contributed by atoms with van der Waals surface area (Å²) in [6.07, 6.45) is 1.13. The Morgan fingerprint density at radius 2 is 2.19 bits per heavy atom. The standard InChI is InChI=1S/C16H20FNO3/c1-15(2,3)21-14(19)18-7-6-16(10-18)9-11-4-5-12(17)8-13(11)20-16/h4-5,8H,6-7,9-10H2,1-3H3. The number of fused-ring (bicyclic) bond motifs is 1. The van der Waals surface area contributed by atoms with Gasteiger partial charge in [-0.1, -0.05) is 6.07 Å². The summed E-state index contributed by atoms with van der Waals surface area (Å²) in [4.78, 5) is 13.8. The lowest BCUT2D eigenvalue weighted by atomic mass is 9.96. The van der Waals surface area contributed by atoms with E-state index in [2.05, 4.69) is 0 Å². The molecule has 1 fully saturated rings. The van der Waals surface area contributed by atoms with Crippen LogP contribution in [0, 0.1) is 5.82 Å². The van der Waals surface area contributed by atoms with Crippen molar-refractivity contribution >= 4 is 6.09 Å². The fourth-order valence-electron chi connectivity index (χ4n) is 2.94. The largest absolute Gasteiger partial charge is 0.485 e. The zero-order valence-corrected chi connectivity index (χ0v) is 12.6. The first-order valence-electron chi connectivity index (χ1n) is 7.22. The second-order valence-electron chi connectivity index (χ2n) is 6.87. The summed E-state index contributed by atoms with van der Waals surface area (Å²) in [6.45, 7) is 6.63. The number of hydrogen-bond acceptors (Lipinski definition) is 3.